The third kappa shape index (κ3) is 10.2. The number of rotatable bonds is 8. The molecule has 0 amide bonds. The van der Waals surface area contributed by atoms with E-state index in [1.165, 1.54) is 12.1 Å². The van der Waals surface area contributed by atoms with E-state index in [0.29, 0.717) is 6.54 Å². The Labute approximate surface area is 169 Å². The lowest BCUT2D eigenvalue weighted by Crippen LogP contribution is -2.41. The molecule has 0 aliphatic carbocycles. The van der Waals surface area contributed by atoms with Gasteiger partial charge in [-0.3, -0.25) is 4.99 Å². The van der Waals surface area contributed by atoms with Gasteiger partial charge in [0.15, 0.2) is 5.96 Å². The normalized spacial score (nSPS) is 12.4. The molecule has 0 aromatic heterocycles. The summed E-state index contributed by atoms with van der Waals surface area (Å²) in [6, 6.07) is 6.41. The van der Waals surface area contributed by atoms with Crippen molar-refractivity contribution in [3.8, 4) is 0 Å². The first kappa shape index (κ1) is 24.9. The van der Waals surface area contributed by atoms with Gasteiger partial charge in [-0.15, -0.1) is 24.0 Å². The van der Waals surface area contributed by atoms with Crippen molar-refractivity contribution in [2.24, 2.45) is 4.99 Å². The Bertz CT molecular complexity index is 664. The largest absolute Gasteiger partial charge is 0.390 e. The number of halogens is 4. The average molecular weight is 508 g/mol. The third-order valence-electron chi connectivity index (χ3n) is 3.05. The maximum atomic E-state index is 12.1. The van der Waals surface area contributed by atoms with Crippen molar-refractivity contribution in [2.75, 3.05) is 26.2 Å². The van der Waals surface area contributed by atoms with Crippen LogP contribution in [0.2, 0.25) is 0 Å². The predicted molar refractivity (Wildman–Crippen MR) is 106 cm³/mol. The van der Waals surface area contributed by atoms with Gasteiger partial charge in [0.25, 0.3) is 0 Å². The molecule has 0 saturated carbocycles. The van der Waals surface area contributed by atoms with Gasteiger partial charge in [0.2, 0.25) is 10.0 Å². The minimum atomic E-state index is -4.26. The van der Waals surface area contributed by atoms with Gasteiger partial charge in [-0.25, -0.2) is 13.1 Å². The van der Waals surface area contributed by atoms with E-state index in [-0.39, 0.29) is 47.9 Å². The molecule has 0 spiro atoms. The molecule has 11 heteroatoms. The standard InChI is InChI=1S/C15H23F3N4O2S.HI/c1-3-19-14(20-9-8-15(16,17)18)21-10-11-22-25(23,24)13-6-4-12(2)5-7-13;/h4-7,22H,3,8-11H2,1-2H3,(H2,19,20,21);1H. The molecule has 0 aliphatic heterocycles. The maximum absolute atomic E-state index is 12.1. The number of aliphatic imine (C=N–C) groups is 1. The van der Waals surface area contributed by atoms with Gasteiger partial charge in [-0.2, -0.15) is 13.2 Å². The summed E-state index contributed by atoms with van der Waals surface area (Å²) in [6.07, 6.45) is -5.27. The van der Waals surface area contributed by atoms with E-state index in [1.54, 1.807) is 19.1 Å². The molecule has 0 fully saturated rings. The lowest BCUT2D eigenvalue weighted by atomic mass is 10.2. The van der Waals surface area contributed by atoms with Crippen LogP contribution in [0.5, 0.6) is 0 Å². The molecular formula is C15H24F3IN4O2S. The summed E-state index contributed by atoms with van der Waals surface area (Å²) in [7, 11) is -3.62. The lowest BCUT2D eigenvalue weighted by Gasteiger charge is -2.12. The molecule has 0 bridgehead atoms. The summed E-state index contributed by atoms with van der Waals surface area (Å²) >= 11 is 0. The minimum absolute atomic E-state index is 0. The Kier molecular flexibility index (Phi) is 11.1. The summed E-state index contributed by atoms with van der Waals surface area (Å²) < 4.78 is 63.0. The van der Waals surface area contributed by atoms with E-state index < -0.39 is 29.2 Å². The van der Waals surface area contributed by atoms with Crippen LogP contribution in [0.3, 0.4) is 0 Å². The van der Waals surface area contributed by atoms with Crippen molar-refractivity contribution in [3.63, 3.8) is 0 Å². The Balaban J connectivity index is 0.00000625. The van der Waals surface area contributed by atoms with Crippen molar-refractivity contribution in [2.45, 2.75) is 31.3 Å². The number of hydrogen-bond donors (Lipinski definition) is 3. The van der Waals surface area contributed by atoms with Gasteiger partial charge in [0.1, 0.15) is 0 Å². The lowest BCUT2D eigenvalue weighted by molar-refractivity contribution is -0.132. The average Bonchev–Trinajstić information content (AvgIpc) is 2.50. The Morgan fingerprint density at radius 1 is 1.12 bits per heavy atom. The number of alkyl halides is 3. The SMILES string of the molecule is CCNC(=NCCC(F)(F)F)NCCNS(=O)(=O)c1ccc(C)cc1.I. The van der Waals surface area contributed by atoms with Crippen molar-refractivity contribution in [1.29, 1.82) is 0 Å². The van der Waals surface area contributed by atoms with E-state index >= 15 is 0 Å². The van der Waals surface area contributed by atoms with Crippen LogP contribution in [0.15, 0.2) is 34.2 Å². The zero-order chi connectivity index (χ0) is 18.9. The number of nitrogens with zero attached hydrogens (tertiary/aromatic N) is 1. The number of guanidine groups is 1. The van der Waals surface area contributed by atoms with Crippen LogP contribution in [-0.4, -0.2) is 46.7 Å². The van der Waals surface area contributed by atoms with Gasteiger partial charge in [0.05, 0.1) is 17.9 Å². The van der Waals surface area contributed by atoms with Crippen LogP contribution in [0.4, 0.5) is 13.2 Å². The third-order valence-corrected chi connectivity index (χ3v) is 4.53. The van der Waals surface area contributed by atoms with Gasteiger partial charge in [-0.1, -0.05) is 17.7 Å². The van der Waals surface area contributed by atoms with Crippen LogP contribution in [0.1, 0.15) is 18.9 Å². The maximum Gasteiger partial charge on any atom is 0.390 e. The Hall–Kier alpha value is -1.08. The van der Waals surface area contributed by atoms with Crippen molar-refractivity contribution >= 4 is 40.0 Å². The molecule has 1 aromatic carbocycles. The molecule has 0 radical (unpaired) electrons. The molecule has 0 saturated heterocycles. The molecule has 1 aromatic rings. The number of aryl methyl sites for hydroxylation is 1. The zero-order valence-corrected chi connectivity index (χ0v) is 17.7. The number of nitrogens with one attached hydrogen (secondary N) is 3. The molecule has 1 rings (SSSR count). The van der Waals surface area contributed by atoms with Crippen molar-refractivity contribution in [1.82, 2.24) is 15.4 Å². The number of sulfonamides is 1. The topological polar surface area (TPSA) is 82.6 Å². The Morgan fingerprint density at radius 3 is 2.27 bits per heavy atom. The van der Waals surface area contributed by atoms with Gasteiger partial charge in [-0.05, 0) is 26.0 Å². The van der Waals surface area contributed by atoms with Gasteiger partial charge < -0.3 is 10.6 Å². The highest BCUT2D eigenvalue weighted by atomic mass is 127. The van der Waals surface area contributed by atoms with Crippen molar-refractivity contribution in [3.05, 3.63) is 29.8 Å². The molecule has 0 aliphatic rings. The summed E-state index contributed by atoms with van der Waals surface area (Å²) in [5.41, 5.74) is 0.950. The number of benzene rings is 1. The summed E-state index contributed by atoms with van der Waals surface area (Å²) in [4.78, 5) is 3.95. The molecule has 6 nitrogen and oxygen atoms in total. The quantitative estimate of drug-likeness (QED) is 0.218. The first-order valence-corrected chi connectivity index (χ1v) is 9.27. The zero-order valence-electron chi connectivity index (χ0n) is 14.6. The smallest absolute Gasteiger partial charge is 0.357 e. The highest BCUT2D eigenvalue weighted by Gasteiger charge is 2.26. The fraction of sp³-hybridized carbons (Fsp3) is 0.533. The molecule has 26 heavy (non-hydrogen) atoms. The first-order valence-electron chi connectivity index (χ1n) is 7.79. The van der Waals surface area contributed by atoms with E-state index in [0.717, 1.165) is 5.56 Å². The van der Waals surface area contributed by atoms with E-state index in [2.05, 4.69) is 20.3 Å². The highest BCUT2D eigenvalue weighted by Crippen LogP contribution is 2.18. The molecule has 0 atom stereocenters. The first-order chi connectivity index (χ1) is 11.6. The summed E-state index contributed by atoms with van der Waals surface area (Å²) in [5, 5.41) is 5.58. The molecule has 3 N–H and O–H groups in total. The molecule has 0 heterocycles. The van der Waals surface area contributed by atoms with Gasteiger partial charge >= 0.3 is 6.18 Å². The summed E-state index contributed by atoms with van der Waals surface area (Å²) in [5.74, 6) is 0.210. The van der Waals surface area contributed by atoms with Crippen LogP contribution in [0, 0.1) is 6.92 Å². The van der Waals surface area contributed by atoms with Crippen LogP contribution >= 0.6 is 24.0 Å². The van der Waals surface area contributed by atoms with E-state index in [1.807, 2.05) is 6.92 Å². The van der Waals surface area contributed by atoms with Crippen LogP contribution < -0.4 is 15.4 Å². The summed E-state index contributed by atoms with van der Waals surface area (Å²) in [6.45, 7) is 3.97. The number of hydrogen-bond acceptors (Lipinski definition) is 3. The highest BCUT2D eigenvalue weighted by molar-refractivity contribution is 14.0. The van der Waals surface area contributed by atoms with E-state index in [4.69, 9.17) is 0 Å². The minimum Gasteiger partial charge on any atom is -0.357 e. The fourth-order valence-electron chi connectivity index (χ4n) is 1.80. The Morgan fingerprint density at radius 2 is 1.73 bits per heavy atom. The van der Waals surface area contributed by atoms with E-state index in [9.17, 15) is 21.6 Å². The second-order valence-corrected chi connectivity index (χ2v) is 7.03. The molecular weight excluding hydrogens is 484 g/mol. The van der Waals surface area contributed by atoms with Gasteiger partial charge in [0, 0.05) is 19.6 Å². The second kappa shape index (κ2) is 11.6. The predicted octanol–water partition coefficient (Wildman–Crippen LogP) is 2.40. The van der Waals surface area contributed by atoms with Crippen LogP contribution in [0.25, 0.3) is 0 Å². The molecule has 150 valence electrons. The fourth-order valence-corrected chi connectivity index (χ4v) is 2.84. The second-order valence-electron chi connectivity index (χ2n) is 5.26. The van der Waals surface area contributed by atoms with Crippen molar-refractivity contribution < 1.29 is 21.6 Å². The monoisotopic (exact) mass is 508 g/mol. The molecule has 0 unspecified atom stereocenters. The van der Waals surface area contributed by atoms with Crippen LogP contribution in [-0.2, 0) is 10.0 Å².